The van der Waals surface area contributed by atoms with Crippen LogP contribution in [0.1, 0.15) is 18.2 Å². The molecule has 2 N–H and O–H groups in total. The van der Waals surface area contributed by atoms with E-state index in [0.717, 1.165) is 27.3 Å². The first-order chi connectivity index (χ1) is 18.2. The monoisotopic (exact) mass is 541 g/mol. The highest BCUT2D eigenvalue weighted by Gasteiger charge is 2.35. The van der Waals surface area contributed by atoms with Crippen molar-refractivity contribution >= 4 is 40.1 Å². The van der Waals surface area contributed by atoms with Gasteiger partial charge in [0.15, 0.2) is 5.82 Å². The third-order valence-electron chi connectivity index (χ3n) is 5.80. The van der Waals surface area contributed by atoms with Crippen molar-refractivity contribution in [2.24, 2.45) is 7.05 Å². The largest absolute Gasteiger partial charge is 0.439 e. The minimum atomic E-state index is -4.48. The molecular formula is C26H23ClF3N7O. The SMILES string of the molecule is CCn1c(NCc2ccc(Oc3ccc(Cl)cn3)cc2)nc2ccc(Nc3cc(C(F)(F)F)n(C)n3)cc21. The Labute approximate surface area is 221 Å². The number of imidazole rings is 1. The molecule has 0 saturated heterocycles. The van der Waals surface area contributed by atoms with Gasteiger partial charge in [-0.25, -0.2) is 9.97 Å². The molecule has 196 valence electrons. The van der Waals surface area contributed by atoms with Crippen LogP contribution in [0, 0.1) is 0 Å². The Morgan fingerprint density at radius 1 is 1.03 bits per heavy atom. The van der Waals surface area contributed by atoms with Crippen LogP contribution in [-0.2, 0) is 26.3 Å². The number of nitrogens with zero attached hydrogens (tertiary/aromatic N) is 5. The van der Waals surface area contributed by atoms with E-state index in [1.165, 1.54) is 13.2 Å². The number of fused-ring (bicyclic) bond motifs is 1. The number of rotatable bonds is 8. The molecule has 0 radical (unpaired) electrons. The lowest BCUT2D eigenvalue weighted by molar-refractivity contribution is -0.143. The summed E-state index contributed by atoms with van der Waals surface area (Å²) in [7, 11) is 1.26. The molecule has 0 bridgehead atoms. The van der Waals surface area contributed by atoms with Crippen molar-refractivity contribution in [1.82, 2.24) is 24.3 Å². The zero-order chi connectivity index (χ0) is 26.9. The van der Waals surface area contributed by atoms with Gasteiger partial charge in [0.1, 0.15) is 11.4 Å². The Balaban J connectivity index is 1.28. The first-order valence-corrected chi connectivity index (χ1v) is 12.1. The molecule has 2 aromatic carbocycles. The molecule has 12 heteroatoms. The van der Waals surface area contributed by atoms with Gasteiger partial charge in [0.2, 0.25) is 11.8 Å². The van der Waals surface area contributed by atoms with Crippen molar-refractivity contribution < 1.29 is 17.9 Å². The van der Waals surface area contributed by atoms with Gasteiger partial charge in [-0.1, -0.05) is 23.7 Å². The smallest absolute Gasteiger partial charge is 0.433 e. The number of pyridine rings is 1. The number of ether oxygens (including phenoxy) is 1. The van der Waals surface area contributed by atoms with Crippen molar-refractivity contribution in [2.45, 2.75) is 26.2 Å². The summed E-state index contributed by atoms with van der Waals surface area (Å²) in [4.78, 5) is 8.81. The highest BCUT2D eigenvalue weighted by Crippen LogP contribution is 2.32. The molecule has 0 spiro atoms. The lowest BCUT2D eigenvalue weighted by Crippen LogP contribution is -2.11. The Bertz CT molecular complexity index is 1560. The standard InChI is InChI=1S/C26H23ClF3N7O/c1-3-37-21-12-18(33-23-13-22(26(28,29)30)36(2)35-23)7-10-20(21)34-25(37)32-14-16-4-8-19(9-5-16)38-24-11-6-17(27)15-31-24/h4-13,15H,3,14H2,1-2H3,(H,32,34)(H,33,35). The van der Waals surface area contributed by atoms with Gasteiger partial charge in [-0.05, 0) is 48.9 Å². The maximum Gasteiger partial charge on any atom is 0.433 e. The van der Waals surface area contributed by atoms with Crippen molar-refractivity contribution in [3.63, 3.8) is 0 Å². The van der Waals surface area contributed by atoms with E-state index in [-0.39, 0.29) is 5.82 Å². The molecule has 5 rings (SSSR count). The Morgan fingerprint density at radius 2 is 1.82 bits per heavy atom. The predicted octanol–water partition coefficient (Wildman–Crippen LogP) is 7.00. The molecule has 0 fully saturated rings. The van der Waals surface area contributed by atoms with Crippen molar-refractivity contribution in [2.75, 3.05) is 10.6 Å². The molecule has 0 amide bonds. The number of benzene rings is 2. The fourth-order valence-corrected chi connectivity index (χ4v) is 4.11. The Morgan fingerprint density at radius 3 is 2.47 bits per heavy atom. The zero-order valence-electron chi connectivity index (χ0n) is 20.4. The number of anilines is 3. The van der Waals surface area contributed by atoms with Crippen LogP contribution in [0.25, 0.3) is 11.0 Å². The molecule has 0 aliphatic carbocycles. The van der Waals surface area contributed by atoms with Crippen LogP contribution in [0.2, 0.25) is 5.02 Å². The van der Waals surface area contributed by atoms with Gasteiger partial charge in [0, 0.05) is 44.2 Å². The van der Waals surface area contributed by atoms with Crippen LogP contribution in [0.3, 0.4) is 0 Å². The summed E-state index contributed by atoms with van der Waals surface area (Å²) in [5, 5.41) is 10.8. The summed E-state index contributed by atoms with van der Waals surface area (Å²) in [6, 6.07) is 17.4. The van der Waals surface area contributed by atoms with E-state index in [1.54, 1.807) is 18.2 Å². The molecular weight excluding hydrogens is 519 g/mol. The molecule has 3 heterocycles. The van der Waals surface area contributed by atoms with E-state index in [0.29, 0.717) is 41.4 Å². The number of nitrogens with one attached hydrogen (secondary N) is 2. The fraction of sp³-hybridized carbons (Fsp3) is 0.192. The van der Waals surface area contributed by atoms with Gasteiger partial charge < -0.3 is 19.9 Å². The van der Waals surface area contributed by atoms with Gasteiger partial charge in [0.05, 0.1) is 16.1 Å². The molecule has 38 heavy (non-hydrogen) atoms. The summed E-state index contributed by atoms with van der Waals surface area (Å²) < 4.78 is 47.9. The molecule has 0 aliphatic rings. The van der Waals surface area contributed by atoms with Crippen molar-refractivity contribution in [1.29, 1.82) is 0 Å². The molecule has 0 unspecified atom stereocenters. The fourth-order valence-electron chi connectivity index (χ4n) is 4.00. The quantitative estimate of drug-likeness (QED) is 0.220. The third-order valence-corrected chi connectivity index (χ3v) is 6.03. The average Bonchev–Trinajstić information content (AvgIpc) is 3.44. The van der Waals surface area contributed by atoms with Crippen molar-refractivity contribution in [3.8, 4) is 11.6 Å². The van der Waals surface area contributed by atoms with Crippen LogP contribution in [0.15, 0.2) is 66.9 Å². The number of hydrogen-bond donors (Lipinski definition) is 2. The van der Waals surface area contributed by atoms with Gasteiger partial charge in [-0.2, -0.15) is 18.3 Å². The Hall–Kier alpha value is -4.25. The minimum absolute atomic E-state index is 0.111. The Kier molecular flexibility index (Phi) is 6.85. The van der Waals surface area contributed by atoms with E-state index >= 15 is 0 Å². The van der Waals surface area contributed by atoms with Crippen LogP contribution in [0.5, 0.6) is 11.6 Å². The van der Waals surface area contributed by atoms with E-state index < -0.39 is 11.9 Å². The summed E-state index contributed by atoms with van der Waals surface area (Å²) in [6.07, 6.45) is -2.95. The van der Waals surface area contributed by atoms with Gasteiger partial charge in [0.25, 0.3) is 0 Å². The second-order valence-corrected chi connectivity index (χ2v) is 8.90. The van der Waals surface area contributed by atoms with Crippen LogP contribution in [0.4, 0.5) is 30.6 Å². The number of alkyl halides is 3. The normalized spacial score (nSPS) is 11.6. The summed E-state index contributed by atoms with van der Waals surface area (Å²) >= 11 is 5.86. The lowest BCUT2D eigenvalue weighted by atomic mass is 10.2. The molecule has 3 aromatic heterocycles. The van der Waals surface area contributed by atoms with E-state index in [1.807, 2.05) is 47.9 Å². The molecule has 8 nitrogen and oxygen atoms in total. The number of hydrogen-bond acceptors (Lipinski definition) is 6. The van der Waals surface area contributed by atoms with Crippen LogP contribution >= 0.6 is 11.6 Å². The van der Waals surface area contributed by atoms with Crippen LogP contribution < -0.4 is 15.4 Å². The highest BCUT2D eigenvalue weighted by atomic mass is 35.5. The van der Waals surface area contributed by atoms with E-state index in [2.05, 4.69) is 25.7 Å². The lowest BCUT2D eigenvalue weighted by Gasteiger charge is -2.10. The zero-order valence-corrected chi connectivity index (χ0v) is 21.2. The summed E-state index contributed by atoms with van der Waals surface area (Å²) in [5.41, 5.74) is 2.40. The third kappa shape index (κ3) is 5.52. The summed E-state index contributed by atoms with van der Waals surface area (Å²) in [6.45, 7) is 3.17. The maximum atomic E-state index is 13.1. The summed E-state index contributed by atoms with van der Waals surface area (Å²) in [5.74, 6) is 1.90. The number of aryl methyl sites for hydroxylation is 2. The average molecular weight is 542 g/mol. The van der Waals surface area contributed by atoms with Crippen molar-refractivity contribution in [3.05, 3.63) is 83.1 Å². The van der Waals surface area contributed by atoms with E-state index in [4.69, 9.17) is 16.3 Å². The molecule has 0 atom stereocenters. The first-order valence-electron chi connectivity index (χ1n) is 11.7. The van der Waals surface area contributed by atoms with Crippen LogP contribution in [-0.4, -0.2) is 24.3 Å². The first kappa shape index (κ1) is 25.4. The predicted molar refractivity (Wildman–Crippen MR) is 140 cm³/mol. The highest BCUT2D eigenvalue weighted by molar-refractivity contribution is 6.30. The molecule has 5 aromatic rings. The second-order valence-electron chi connectivity index (χ2n) is 8.46. The minimum Gasteiger partial charge on any atom is -0.439 e. The van der Waals surface area contributed by atoms with E-state index in [9.17, 15) is 13.2 Å². The maximum absolute atomic E-state index is 13.1. The molecule has 0 aliphatic heterocycles. The number of aromatic nitrogens is 5. The van der Waals surface area contributed by atoms with Gasteiger partial charge in [-0.15, -0.1) is 0 Å². The molecule has 0 saturated carbocycles. The van der Waals surface area contributed by atoms with Gasteiger partial charge in [-0.3, -0.25) is 4.68 Å². The number of halogens is 4. The second kappa shape index (κ2) is 10.3. The van der Waals surface area contributed by atoms with Gasteiger partial charge >= 0.3 is 6.18 Å². The topological polar surface area (TPSA) is 81.8 Å².